The van der Waals surface area contributed by atoms with E-state index in [0.717, 1.165) is 31.4 Å². The molecule has 4 rings (SSSR count). The summed E-state index contributed by atoms with van der Waals surface area (Å²) in [5.74, 6) is 0.583. The molecule has 0 bridgehead atoms. The van der Waals surface area contributed by atoms with E-state index in [1.807, 2.05) is 0 Å². The van der Waals surface area contributed by atoms with Gasteiger partial charge >= 0.3 is 12.5 Å². The third-order valence-corrected chi connectivity index (χ3v) is 7.65. The van der Waals surface area contributed by atoms with Gasteiger partial charge in [-0.3, -0.25) is 4.98 Å². The number of hydrogen-bond donors (Lipinski definition) is 1. The maximum absolute atomic E-state index is 12.9. The van der Waals surface area contributed by atoms with E-state index in [4.69, 9.17) is 30.8 Å². The Hall–Kier alpha value is -4.02. The number of benzene rings is 3. The highest BCUT2D eigenvalue weighted by Crippen LogP contribution is 2.41. The first-order valence-corrected chi connectivity index (χ1v) is 15.7. The highest BCUT2D eigenvalue weighted by atomic mass is 35.5. The Morgan fingerprint density at radius 3 is 2.07 bits per heavy atom. The molecule has 1 N–H and O–H groups in total. The van der Waals surface area contributed by atoms with Gasteiger partial charge in [0.2, 0.25) is 0 Å². The number of aromatic nitrogens is 1. The van der Waals surface area contributed by atoms with Gasteiger partial charge in [0, 0.05) is 21.7 Å². The Morgan fingerprint density at radius 2 is 1.46 bits per heavy atom. The van der Waals surface area contributed by atoms with Crippen molar-refractivity contribution in [1.82, 2.24) is 4.98 Å². The van der Waals surface area contributed by atoms with Gasteiger partial charge in [-0.05, 0) is 73.0 Å². The Balaban J connectivity index is 1.51. The lowest BCUT2D eigenvalue weighted by atomic mass is 9.99. The van der Waals surface area contributed by atoms with Crippen LogP contribution in [0.5, 0.6) is 23.0 Å². The lowest BCUT2D eigenvalue weighted by Gasteiger charge is -2.17. The molecule has 0 saturated carbocycles. The van der Waals surface area contributed by atoms with E-state index in [0.29, 0.717) is 49.8 Å². The Labute approximate surface area is 271 Å². The Kier molecular flexibility index (Phi) is 12.5. The number of carbonyl (C=O) groups is 1. The Morgan fingerprint density at radius 1 is 0.870 bits per heavy atom. The number of carbonyl (C=O) groups excluding carboxylic acids is 1. The third-order valence-electron chi connectivity index (χ3n) is 7.30. The van der Waals surface area contributed by atoms with Crippen molar-refractivity contribution in [2.75, 3.05) is 6.61 Å². The minimum absolute atomic E-state index is 0.212. The molecular formula is C35H37ClF3NO6. The summed E-state index contributed by atoms with van der Waals surface area (Å²) in [4.78, 5) is 17.6. The van der Waals surface area contributed by atoms with Crippen molar-refractivity contribution in [1.29, 1.82) is 0 Å². The molecule has 0 saturated heterocycles. The summed E-state index contributed by atoms with van der Waals surface area (Å²) in [7, 11) is 0. The summed E-state index contributed by atoms with van der Waals surface area (Å²) >= 11 is 6.42. The predicted octanol–water partition coefficient (Wildman–Crippen LogP) is 10.7. The first-order chi connectivity index (χ1) is 22.1. The van der Waals surface area contributed by atoms with E-state index >= 15 is 0 Å². The van der Waals surface area contributed by atoms with Crippen molar-refractivity contribution in [3.05, 3.63) is 76.9 Å². The summed E-state index contributed by atoms with van der Waals surface area (Å²) in [5, 5.41) is 10.5. The molecule has 246 valence electrons. The molecule has 0 aliphatic heterocycles. The summed E-state index contributed by atoms with van der Waals surface area (Å²) < 4.78 is 58.3. The molecule has 46 heavy (non-hydrogen) atoms. The van der Waals surface area contributed by atoms with E-state index in [9.17, 15) is 23.1 Å². The fourth-order valence-electron chi connectivity index (χ4n) is 5.02. The van der Waals surface area contributed by atoms with Gasteiger partial charge in [-0.15, -0.1) is 13.2 Å². The zero-order chi connectivity index (χ0) is 33.1. The maximum atomic E-state index is 12.9. The molecule has 0 atom stereocenters. The van der Waals surface area contributed by atoms with E-state index in [1.54, 1.807) is 43.3 Å². The minimum Gasteiger partial charge on any atom is -0.457 e. The lowest BCUT2D eigenvalue weighted by Crippen LogP contribution is -2.16. The highest BCUT2D eigenvalue weighted by Gasteiger charge is 2.31. The molecule has 1 heterocycles. The standard InChI is InChI=1S/C35H37ClF3NO6/c1-3-4-5-6-7-8-9-10-19-43-34(42)45-33-29-21-30(36)25(22-41)20-31(29)40-23(2)32(33)24-11-13-26(14-12-24)44-27-15-17-28(18-16-27)46-35(37,38)39/h11-18,20-21,41H,3-10,19,22H2,1-2H3. The van der Waals surface area contributed by atoms with Gasteiger partial charge in [0.15, 0.2) is 5.75 Å². The average molecular weight is 660 g/mol. The van der Waals surface area contributed by atoms with Crippen LogP contribution in [0, 0.1) is 6.92 Å². The second kappa shape index (κ2) is 16.5. The summed E-state index contributed by atoms with van der Waals surface area (Å²) in [6.45, 7) is 3.91. The quantitative estimate of drug-likeness (QED) is 0.100. The second-order valence-electron chi connectivity index (χ2n) is 10.8. The number of unbranched alkanes of at least 4 members (excludes halogenated alkanes) is 7. The smallest absolute Gasteiger partial charge is 0.457 e. The van der Waals surface area contributed by atoms with Gasteiger partial charge in [0.1, 0.15) is 17.2 Å². The van der Waals surface area contributed by atoms with Gasteiger partial charge in [-0.25, -0.2) is 4.79 Å². The first-order valence-electron chi connectivity index (χ1n) is 15.3. The van der Waals surface area contributed by atoms with Crippen molar-refractivity contribution in [3.63, 3.8) is 0 Å². The van der Waals surface area contributed by atoms with Crippen molar-refractivity contribution < 1.29 is 42.0 Å². The van der Waals surface area contributed by atoms with Gasteiger partial charge in [0.25, 0.3) is 0 Å². The summed E-state index contributed by atoms with van der Waals surface area (Å²) in [6, 6.07) is 15.1. The topological polar surface area (TPSA) is 87.1 Å². The number of rotatable bonds is 15. The van der Waals surface area contributed by atoms with Crippen LogP contribution in [-0.2, 0) is 11.3 Å². The van der Waals surface area contributed by atoms with Crippen LogP contribution in [0.2, 0.25) is 5.02 Å². The lowest BCUT2D eigenvalue weighted by molar-refractivity contribution is -0.274. The maximum Gasteiger partial charge on any atom is 0.573 e. The van der Waals surface area contributed by atoms with E-state index in [2.05, 4.69) is 11.7 Å². The predicted molar refractivity (Wildman–Crippen MR) is 171 cm³/mol. The summed E-state index contributed by atoms with van der Waals surface area (Å²) in [5.41, 5.74) is 2.71. The number of fused-ring (bicyclic) bond motifs is 1. The van der Waals surface area contributed by atoms with Crippen LogP contribution >= 0.6 is 11.6 Å². The largest absolute Gasteiger partial charge is 0.573 e. The molecular weight excluding hydrogens is 623 g/mol. The van der Waals surface area contributed by atoms with Crippen LogP contribution in [0.25, 0.3) is 22.0 Å². The number of ether oxygens (including phenoxy) is 4. The first kappa shape index (κ1) is 34.8. The second-order valence-corrected chi connectivity index (χ2v) is 11.2. The molecule has 0 unspecified atom stereocenters. The van der Waals surface area contributed by atoms with Crippen molar-refractivity contribution in [2.45, 2.75) is 78.2 Å². The van der Waals surface area contributed by atoms with Crippen LogP contribution in [-0.4, -0.2) is 29.2 Å². The molecule has 3 aromatic carbocycles. The van der Waals surface area contributed by atoms with Crippen LogP contribution in [0.15, 0.2) is 60.7 Å². The van der Waals surface area contributed by atoms with Gasteiger partial charge < -0.3 is 24.1 Å². The number of aryl methyl sites for hydroxylation is 1. The number of halogens is 4. The molecule has 0 aliphatic carbocycles. The number of hydrogen-bond acceptors (Lipinski definition) is 7. The van der Waals surface area contributed by atoms with Gasteiger partial charge in [0.05, 0.1) is 18.7 Å². The molecule has 4 aromatic rings. The molecule has 0 amide bonds. The van der Waals surface area contributed by atoms with Crippen LogP contribution in [0.1, 0.15) is 69.5 Å². The Bertz CT molecular complexity index is 1590. The molecule has 0 aliphatic rings. The highest BCUT2D eigenvalue weighted by molar-refractivity contribution is 6.32. The third kappa shape index (κ3) is 9.99. The molecule has 0 radical (unpaired) electrons. The van der Waals surface area contributed by atoms with Crippen molar-refractivity contribution in [3.8, 4) is 34.1 Å². The van der Waals surface area contributed by atoms with Crippen molar-refractivity contribution >= 4 is 28.7 Å². The fraction of sp³-hybridized carbons (Fsp3) is 0.371. The summed E-state index contributed by atoms with van der Waals surface area (Å²) in [6.07, 6.45) is 3.24. The molecule has 0 fully saturated rings. The molecule has 11 heteroatoms. The zero-order valence-corrected chi connectivity index (χ0v) is 26.5. The SMILES string of the molecule is CCCCCCCCCCOC(=O)Oc1c(-c2ccc(Oc3ccc(OC(F)(F)F)cc3)cc2)c(C)nc2cc(CO)c(Cl)cc12. The van der Waals surface area contributed by atoms with Crippen molar-refractivity contribution in [2.24, 2.45) is 0 Å². The minimum atomic E-state index is -4.78. The number of pyridine rings is 1. The van der Waals surface area contributed by atoms with Crippen LogP contribution < -0.4 is 14.2 Å². The number of nitrogens with zero attached hydrogens (tertiary/aromatic N) is 1. The fourth-order valence-corrected chi connectivity index (χ4v) is 5.24. The number of alkyl halides is 3. The average Bonchev–Trinajstić information content (AvgIpc) is 3.01. The van der Waals surface area contributed by atoms with Gasteiger partial charge in [-0.2, -0.15) is 0 Å². The van der Waals surface area contributed by atoms with E-state index < -0.39 is 12.5 Å². The van der Waals surface area contributed by atoms with E-state index in [-0.39, 0.29) is 24.7 Å². The normalized spacial score (nSPS) is 11.5. The molecule has 1 aromatic heterocycles. The number of aliphatic hydroxyl groups is 1. The zero-order valence-electron chi connectivity index (χ0n) is 25.8. The van der Waals surface area contributed by atoms with E-state index in [1.165, 1.54) is 44.2 Å². The monoisotopic (exact) mass is 659 g/mol. The number of aliphatic hydroxyl groups excluding tert-OH is 1. The molecule has 7 nitrogen and oxygen atoms in total. The molecule has 0 spiro atoms. The van der Waals surface area contributed by atoms with Crippen LogP contribution in [0.4, 0.5) is 18.0 Å². The van der Waals surface area contributed by atoms with Gasteiger partial charge in [-0.1, -0.05) is 75.6 Å². The van der Waals surface area contributed by atoms with Crippen LogP contribution in [0.3, 0.4) is 0 Å².